The van der Waals surface area contributed by atoms with Gasteiger partial charge in [0, 0.05) is 5.69 Å². The van der Waals surface area contributed by atoms with Crippen molar-refractivity contribution in [1.29, 1.82) is 0 Å². The second-order valence-electron chi connectivity index (χ2n) is 7.17. The van der Waals surface area contributed by atoms with Crippen molar-refractivity contribution in [1.82, 2.24) is 19.6 Å². The number of hydrogen-bond acceptors (Lipinski definition) is 7. The molecule has 1 aromatic carbocycles. The Morgan fingerprint density at radius 1 is 1.09 bits per heavy atom. The zero-order valence-corrected chi connectivity index (χ0v) is 18.3. The van der Waals surface area contributed by atoms with Gasteiger partial charge >= 0.3 is 18.3 Å². The number of nitrogens with one attached hydrogen (secondary N) is 1. The SMILES string of the molecule is Cc1cc(C(F)(F)F)n2nc(S(=O)(=O)Nc3c(C(=O)OC(C)C)cccc3C(F)(F)F)nc2n1. The van der Waals surface area contributed by atoms with Crippen LogP contribution in [0.15, 0.2) is 29.4 Å². The molecule has 0 spiro atoms. The van der Waals surface area contributed by atoms with E-state index in [1.165, 1.54) is 20.8 Å². The summed E-state index contributed by atoms with van der Waals surface area (Å²) in [4.78, 5) is 19.4. The van der Waals surface area contributed by atoms with Crippen molar-refractivity contribution >= 4 is 27.5 Å². The van der Waals surface area contributed by atoms with Gasteiger partial charge in [-0.05, 0) is 39.0 Å². The number of alkyl halides is 6. The molecule has 184 valence electrons. The molecule has 0 aliphatic carbocycles. The number of fused-ring (bicyclic) bond motifs is 1. The van der Waals surface area contributed by atoms with Crippen molar-refractivity contribution in [3.8, 4) is 0 Å². The number of anilines is 1. The lowest BCUT2D eigenvalue weighted by Crippen LogP contribution is -2.22. The van der Waals surface area contributed by atoms with Gasteiger partial charge in [-0.3, -0.25) is 4.72 Å². The topological polar surface area (TPSA) is 116 Å². The van der Waals surface area contributed by atoms with E-state index in [4.69, 9.17) is 4.74 Å². The highest BCUT2D eigenvalue weighted by molar-refractivity contribution is 7.92. The minimum absolute atomic E-state index is 0.102. The number of halogens is 6. The fourth-order valence-electron chi connectivity index (χ4n) is 2.81. The average Bonchev–Trinajstić information content (AvgIpc) is 3.09. The molecule has 3 rings (SSSR count). The Morgan fingerprint density at radius 3 is 2.29 bits per heavy atom. The summed E-state index contributed by atoms with van der Waals surface area (Å²) in [5, 5.41) is 1.98. The normalized spacial score (nSPS) is 12.9. The van der Waals surface area contributed by atoms with E-state index in [0.717, 1.165) is 12.1 Å². The van der Waals surface area contributed by atoms with E-state index in [1.54, 1.807) is 4.72 Å². The van der Waals surface area contributed by atoms with Gasteiger partial charge in [-0.2, -0.15) is 44.3 Å². The summed E-state index contributed by atoms with van der Waals surface area (Å²) in [7, 11) is -5.13. The molecule has 0 radical (unpaired) electrons. The number of carbonyl (C=O) groups is 1. The van der Waals surface area contributed by atoms with Gasteiger partial charge in [0.25, 0.3) is 21.0 Å². The van der Waals surface area contributed by atoms with E-state index in [1.807, 2.05) is 0 Å². The van der Waals surface area contributed by atoms with Gasteiger partial charge in [-0.25, -0.2) is 9.78 Å². The van der Waals surface area contributed by atoms with Crippen molar-refractivity contribution in [2.24, 2.45) is 0 Å². The number of carbonyl (C=O) groups excluding carboxylic acids is 1. The number of nitrogens with zero attached hydrogens (tertiary/aromatic N) is 4. The quantitative estimate of drug-likeness (QED) is 0.409. The number of rotatable bonds is 5. The van der Waals surface area contributed by atoms with Gasteiger partial charge in [0.2, 0.25) is 0 Å². The van der Waals surface area contributed by atoms with E-state index >= 15 is 0 Å². The van der Waals surface area contributed by atoms with Crippen LogP contribution >= 0.6 is 0 Å². The molecule has 3 aromatic rings. The van der Waals surface area contributed by atoms with Crippen LogP contribution in [-0.2, 0) is 27.1 Å². The third-order valence-electron chi connectivity index (χ3n) is 4.12. The highest BCUT2D eigenvalue weighted by Gasteiger charge is 2.39. The molecule has 0 saturated carbocycles. The maximum Gasteiger partial charge on any atom is 0.433 e. The smallest absolute Gasteiger partial charge is 0.433 e. The second kappa shape index (κ2) is 8.41. The van der Waals surface area contributed by atoms with Gasteiger partial charge in [0.15, 0.2) is 5.69 Å². The average molecular weight is 511 g/mol. The standard InChI is InChI=1S/C18H15F6N5O4S/c1-8(2)33-14(30)10-5-4-6-11(17(19,20)21)13(10)28-34(31,32)16-26-15-25-9(3)7-12(18(22,23)24)29(15)27-16/h4-8,28H,1-3H3. The number of sulfonamides is 1. The molecule has 34 heavy (non-hydrogen) atoms. The summed E-state index contributed by atoms with van der Waals surface area (Å²) < 4.78 is 113. The summed E-state index contributed by atoms with van der Waals surface area (Å²) in [6.07, 6.45) is -10.8. The van der Waals surface area contributed by atoms with E-state index in [2.05, 4.69) is 15.1 Å². The Kier molecular flexibility index (Phi) is 6.23. The first-order valence-electron chi connectivity index (χ1n) is 9.26. The van der Waals surface area contributed by atoms with Crippen LogP contribution in [0.5, 0.6) is 0 Å². The Bertz CT molecular complexity index is 1370. The predicted molar refractivity (Wildman–Crippen MR) is 103 cm³/mol. The van der Waals surface area contributed by atoms with Crippen molar-refractivity contribution in [2.45, 2.75) is 44.4 Å². The summed E-state index contributed by atoms with van der Waals surface area (Å²) in [6, 6.07) is 2.85. The number of hydrogen-bond donors (Lipinski definition) is 1. The largest absolute Gasteiger partial charge is 0.459 e. The van der Waals surface area contributed by atoms with Crippen LogP contribution in [-0.4, -0.2) is 40.1 Å². The third kappa shape index (κ3) is 5.05. The number of aryl methyl sites for hydroxylation is 1. The predicted octanol–water partition coefficient (Wildman–Crippen LogP) is 3.84. The van der Waals surface area contributed by atoms with E-state index in [0.29, 0.717) is 12.1 Å². The molecule has 2 aromatic heterocycles. The van der Waals surface area contributed by atoms with Crippen LogP contribution in [0.4, 0.5) is 32.0 Å². The van der Waals surface area contributed by atoms with Crippen molar-refractivity contribution in [2.75, 3.05) is 4.72 Å². The van der Waals surface area contributed by atoms with E-state index in [-0.39, 0.29) is 10.2 Å². The van der Waals surface area contributed by atoms with Gasteiger partial charge in [0.05, 0.1) is 22.9 Å². The summed E-state index contributed by atoms with van der Waals surface area (Å²) in [6.45, 7) is 4.04. The minimum atomic E-state index is -5.13. The van der Waals surface area contributed by atoms with Crippen LogP contribution in [0, 0.1) is 6.92 Å². The molecule has 9 nitrogen and oxygen atoms in total. The first-order chi connectivity index (χ1) is 15.5. The lowest BCUT2D eigenvalue weighted by Gasteiger charge is -2.17. The molecule has 16 heteroatoms. The Labute approximate surface area is 187 Å². The van der Waals surface area contributed by atoms with Crippen LogP contribution in [0.2, 0.25) is 0 Å². The zero-order valence-electron chi connectivity index (χ0n) is 17.5. The molecule has 0 amide bonds. The molecule has 0 aliphatic rings. The van der Waals surface area contributed by atoms with Crippen molar-refractivity contribution in [3.63, 3.8) is 0 Å². The molecule has 0 bridgehead atoms. The Hall–Kier alpha value is -3.43. The molecule has 1 N–H and O–H groups in total. The van der Waals surface area contributed by atoms with Crippen LogP contribution in [0.3, 0.4) is 0 Å². The highest BCUT2D eigenvalue weighted by Crippen LogP contribution is 2.38. The van der Waals surface area contributed by atoms with Crippen molar-refractivity contribution < 1.29 is 44.3 Å². The fraction of sp³-hybridized carbons (Fsp3) is 0.333. The Morgan fingerprint density at radius 2 is 1.74 bits per heavy atom. The van der Waals surface area contributed by atoms with E-state index in [9.17, 15) is 39.6 Å². The first-order valence-corrected chi connectivity index (χ1v) is 10.7. The highest BCUT2D eigenvalue weighted by atomic mass is 32.2. The van der Waals surface area contributed by atoms with Gasteiger partial charge in [-0.1, -0.05) is 6.07 Å². The molecule has 2 heterocycles. The molecular formula is C18H15F6N5O4S. The maximum atomic E-state index is 13.6. The van der Waals surface area contributed by atoms with Gasteiger partial charge in [0.1, 0.15) is 0 Å². The lowest BCUT2D eigenvalue weighted by atomic mass is 10.1. The van der Waals surface area contributed by atoms with Crippen LogP contribution in [0.1, 0.15) is 41.2 Å². The number of esters is 1. The molecule has 0 atom stereocenters. The van der Waals surface area contributed by atoms with Gasteiger partial charge < -0.3 is 4.74 Å². The first kappa shape index (κ1) is 25.2. The van der Waals surface area contributed by atoms with Gasteiger partial charge in [-0.15, -0.1) is 5.10 Å². The van der Waals surface area contributed by atoms with Crippen LogP contribution in [0.25, 0.3) is 5.78 Å². The minimum Gasteiger partial charge on any atom is -0.459 e. The summed E-state index contributed by atoms with van der Waals surface area (Å²) >= 11 is 0. The second-order valence-corrected chi connectivity index (χ2v) is 8.75. The molecule has 0 unspecified atom stereocenters. The molecule has 0 saturated heterocycles. The lowest BCUT2D eigenvalue weighted by molar-refractivity contribution is -0.142. The summed E-state index contributed by atoms with van der Waals surface area (Å²) in [5.74, 6) is -2.02. The molecule has 0 fully saturated rings. The number of benzene rings is 1. The third-order valence-corrected chi connectivity index (χ3v) is 5.25. The molecular weight excluding hydrogens is 496 g/mol. The Balaban J connectivity index is 2.17. The van der Waals surface area contributed by atoms with Crippen LogP contribution < -0.4 is 4.72 Å². The summed E-state index contributed by atoms with van der Waals surface area (Å²) in [5.41, 5.74) is -5.07. The zero-order chi connectivity index (χ0) is 25.6. The number of para-hydroxylation sites is 1. The van der Waals surface area contributed by atoms with Crippen molar-refractivity contribution in [3.05, 3.63) is 46.8 Å². The molecule has 0 aliphatic heterocycles. The number of ether oxygens (including phenoxy) is 1. The van der Waals surface area contributed by atoms with E-state index < -0.39 is 67.9 Å². The maximum absolute atomic E-state index is 13.6. The fourth-order valence-corrected chi connectivity index (χ4v) is 3.78. The monoisotopic (exact) mass is 511 g/mol. The number of aromatic nitrogens is 4.